The molecule has 1 atom stereocenters. The average molecular weight is 545 g/mol. The summed E-state index contributed by atoms with van der Waals surface area (Å²) in [6, 6.07) is 9.42. The van der Waals surface area contributed by atoms with Crippen molar-refractivity contribution in [3.8, 4) is 0 Å². The molecule has 1 unspecified atom stereocenters. The van der Waals surface area contributed by atoms with E-state index in [0.717, 1.165) is 47.7 Å². The number of anilines is 6. The van der Waals surface area contributed by atoms with Gasteiger partial charge in [-0.2, -0.15) is 4.98 Å². The monoisotopic (exact) mass is 544 g/mol. The maximum Gasteiger partial charge on any atom is 0.321 e. The minimum Gasteiger partial charge on any atom is -0.396 e. The number of rotatable bonds is 2. The number of hydrogen-bond acceptors (Lipinski definition) is 9. The smallest absolute Gasteiger partial charge is 0.321 e. The molecule has 0 aliphatic carbocycles. The van der Waals surface area contributed by atoms with E-state index in [1.54, 1.807) is 18.6 Å². The van der Waals surface area contributed by atoms with Crippen molar-refractivity contribution in [2.45, 2.75) is 19.3 Å². The number of halogens is 1. The second kappa shape index (κ2) is 10.8. The molecule has 0 saturated carbocycles. The van der Waals surface area contributed by atoms with E-state index in [2.05, 4.69) is 40.8 Å². The van der Waals surface area contributed by atoms with E-state index in [1.165, 1.54) is 0 Å². The molecule has 2 amide bonds. The first kappa shape index (κ1) is 24.9. The van der Waals surface area contributed by atoms with Crippen LogP contribution in [0.1, 0.15) is 18.4 Å². The summed E-state index contributed by atoms with van der Waals surface area (Å²) < 4.78 is 0. The second-order valence-electron chi connectivity index (χ2n) is 9.79. The molecule has 1 saturated heterocycles. The first-order chi connectivity index (χ1) is 19.0. The predicted octanol–water partition coefficient (Wildman–Crippen LogP) is 4.50. The van der Waals surface area contributed by atoms with Gasteiger partial charge in [0.1, 0.15) is 5.02 Å². The number of aromatic nitrogens is 3. The third kappa shape index (κ3) is 5.58. The number of nitrogens with zero attached hydrogens (tertiary/aromatic N) is 6. The SMILES string of the molecule is Nc1cccnc1N1CCN(C(=O)Nc2ccc3cc2CCC2C=NC=C(C2)Nc2ncc(Cl)c(n2)N3)CC1. The van der Waals surface area contributed by atoms with Gasteiger partial charge in [0.05, 0.1) is 11.9 Å². The van der Waals surface area contributed by atoms with E-state index in [-0.39, 0.29) is 11.9 Å². The maximum absolute atomic E-state index is 13.3. The molecule has 3 aliphatic rings. The van der Waals surface area contributed by atoms with Gasteiger partial charge in [0.25, 0.3) is 0 Å². The van der Waals surface area contributed by atoms with Gasteiger partial charge < -0.3 is 31.5 Å². The highest BCUT2D eigenvalue weighted by Crippen LogP contribution is 2.31. The number of carbonyl (C=O) groups excluding carboxylic acids is 1. The molecule has 11 nitrogen and oxygen atoms in total. The number of aliphatic imine (C=N–C) groups is 1. The standard InChI is InChI=1S/C27H29ClN10O/c28-21-16-32-26-34-20-12-17(14-30-15-20)3-4-18-13-19(33-24(21)36-26)5-6-23(18)35-27(39)38-10-8-37(9-11-38)25-22(29)2-1-7-31-25/h1-2,5-7,13-17H,3-4,8-12,29H2,(H,35,39)(H2,32,33,34,36). The molecule has 2 aromatic heterocycles. The number of nitrogens with one attached hydrogen (secondary N) is 3. The number of nitrogens with two attached hydrogens (primary N) is 1. The second-order valence-corrected chi connectivity index (χ2v) is 10.2. The third-order valence-corrected chi connectivity index (χ3v) is 7.38. The van der Waals surface area contributed by atoms with Crippen LogP contribution in [0.3, 0.4) is 0 Å². The van der Waals surface area contributed by atoms with E-state index in [9.17, 15) is 4.79 Å². The van der Waals surface area contributed by atoms with Gasteiger partial charge in [-0.1, -0.05) is 11.6 Å². The Kier molecular flexibility index (Phi) is 6.89. The van der Waals surface area contributed by atoms with Crippen LogP contribution in [0.15, 0.2) is 59.6 Å². The molecule has 5 N–H and O–H groups in total. The summed E-state index contributed by atoms with van der Waals surface area (Å²) in [4.78, 5) is 34.9. The van der Waals surface area contributed by atoms with Crippen LogP contribution in [0.25, 0.3) is 0 Å². The largest absolute Gasteiger partial charge is 0.396 e. The van der Waals surface area contributed by atoms with Gasteiger partial charge in [0.15, 0.2) is 11.6 Å². The van der Waals surface area contributed by atoms with Crippen LogP contribution in [0.2, 0.25) is 5.02 Å². The molecule has 39 heavy (non-hydrogen) atoms. The summed E-state index contributed by atoms with van der Waals surface area (Å²) in [5.74, 6) is 1.97. The van der Waals surface area contributed by atoms with Gasteiger partial charge in [-0.15, -0.1) is 0 Å². The Labute approximate surface area is 231 Å². The molecule has 3 aliphatic heterocycles. The number of benzene rings is 1. The number of carbonyl (C=O) groups is 1. The van der Waals surface area contributed by atoms with E-state index >= 15 is 0 Å². The molecule has 12 heteroatoms. The fourth-order valence-corrected chi connectivity index (χ4v) is 5.17. The zero-order valence-electron chi connectivity index (χ0n) is 21.3. The molecule has 1 aromatic carbocycles. The number of fused-ring (bicyclic) bond motifs is 6. The number of pyridine rings is 1. The average Bonchev–Trinajstić information content (AvgIpc) is 2.95. The quantitative estimate of drug-likeness (QED) is 0.370. The van der Waals surface area contributed by atoms with Gasteiger partial charge in [-0.3, -0.25) is 4.99 Å². The van der Waals surface area contributed by atoms with E-state index in [4.69, 9.17) is 17.3 Å². The van der Waals surface area contributed by atoms with Gasteiger partial charge >= 0.3 is 6.03 Å². The molecule has 6 rings (SSSR count). The zero-order valence-corrected chi connectivity index (χ0v) is 22.0. The number of urea groups is 1. The summed E-state index contributed by atoms with van der Waals surface area (Å²) in [5, 5.41) is 10.1. The number of piperazine rings is 1. The number of amides is 2. The molecule has 0 spiro atoms. The van der Waals surface area contributed by atoms with Crippen LogP contribution in [0.4, 0.5) is 39.4 Å². The summed E-state index contributed by atoms with van der Waals surface area (Å²) in [6.45, 7) is 2.48. The Morgan fingerprint density at radius 2 is 2.00 bits per heavy atom. The van der Waals surface area contributed by atoms with Crippen LogP contribution >= 0.6 is 11.6 Å². The summed E-state index contributed by atoms with van der Waals surface area (Å²) in [7, 11) is 0. The lowest BCUT2D eigenvalue weighted by atomic mass is 9.94. The number of hydrogen-bond donors (Lipinski definition) is 4. The normalized spacial score (nSPS) is 18.5. The summed E-state index contributed by atoms with van der Waals surface area (Å²) in [5.41, 5.74) is 10.3. The highest BCUT2D eigenvalue weighted by Gasteiger charge is 2.24. The number of allylic oxidation sites excluding steroid dienone is 1. The highest BCUT2D eigenvalue weighted by atomic mass is 35.5. The van der Waals surface area contributed by atoms with Crippen molar-refractivity contribution < 1.29 is 4.79 Å². The third-order valence-electron chi connectivity index (χ3n) is 7.10. The van der Waals surface area contributed by atoms with Crippen LogP contribution in [-0.2, 0) is 6.42 Å². The lowest BCUT2D eigenvalue weighted by Crippen LogP contribution is -2.50. The minimum absolute atomic E-state index is 0.124. The molecule has 0 radical (unpaired) electrons. The van der Waals surface area contributed by atoms with Crippen molar-refractivity contribution >= 4 is 58.5 Å². The Morgan fingerprint density at radius 3 is 2.85 bits per heavy atom. The topological polar surface area (TPSA) is 137 Å². The lowest BCUT2D eigenvalue weighted by molar-refractivity contribution is 0.208. The lowest BCUT2D eigenvalue weighted by Gasteiger charge is -2.35. The predicted molar refractivity (Wildman–Crippen MR) is 155 cm³/mol. The van der Waals surface area contributed by atoms with Gasteiger partial charge in [0, 0.05) is 67.8 Å². The number of nitrogen functional groups attached to an aromatic ring is 1. The van der Waals surface area contributed by atoms with Crippen molar-refractivity contribution in [1.29, 1.82) is 0 Å². The zero-order chi connectivity index (χ0) is 26.8. The van der Waals surface area contributed by atoms with E-state index < -0.39 is 0 Å². The molecule has 200 valence electrons. The first-order valence-electron chi connectivity index (χ1n) is 12.9. The van der Waals surface area contributed by atoms with Crippen molar-refractivity contribution in [2.75, 3.05) is 52.8 Å². The fraction of sp³-hybridized carbons (Fsp3) is 0.296. The van der Waals surface area contributed by atoms with Crippen LogP contribution in [0, 0.1) is 5.92 Å². The Balaban J connectivity index is 1.20. The molecular formula is C27H29ClN10O. The van der Waals surface area contributed by atoms with Crippen LogP contribution in [0.5, 0.6) is 0 Å². The number of aryl methyl sites for hydroxylation is 1. The molecule has 6 bridgehead atoms. The van der Waals surface area contributed by atoms with Gasteiger partial charge in [-0.25, -0.2) is 14.8 Å². The van der Waals surface area contributed by atoms with Gasteiger partial charge in [0.2, 0.25) is 5.95 Å². The summed E-state index contributed by atoms with van der Waals surface area (Å²) in [6.07, 6.45) is 9.52. The molecular weight excluding hydrogens is 516 g/mol. The van der Waals surface area contributed by atoms with Crippen molar-refractivity contribution in [1.82, 2.24) is 19.9 Å². The van der Waals surface area contributed by atoms with Crippen LogP contribution < -0.4 is 26.6 Å². The van der Waals surface area contributed by atoms with Crippen LogP contribution in [-0.4, -0.2) is 58.3 Å². The first-order valence-corrected chi connectivity index (χ1v) is 13.3. The molecule has 5 heterocycles. The molecule has 3 aromatic rings. The van der Waals surface area contributed by atoms with E-state index in [0.29, 0.717) is 48.7 Å². The van der Waals surface area contributed by atoms with Crippen molar-refractivity contribution in [3.05, 3.63) is 65.2 Å². The Bertz CT molecular complexity index is 1450. The Morgan fingerprint density at radius 1 is 1.13 bits per heavy atom. The minimum atomic E-state index is -0.124. The summed E-state index contributed by atoms with van der Waals surface area (Å²) >= 11 is 6.38. The Hall–Kier alpha value is -4.38. The highest BCUT2D eigenvalue weighted by molar-refractivity contribution is 6.32. The fourth-order valence-electron chi connectivity index (χ4n) is 5.03. The van der Waals surface area contributed by atoms with E-state index in [1.807, 2.05) is 41.4 Å². The maximum atomic E-state index is 13.3. The molecule has 1 fully saturated rings. The van der Waals surface area contributed by atoms with Gasteiger partial charge in [-0.05, 0) is 55.2 Å². The van der Waals surface area contributed by atoms with Crippen molar-refractivity contribution in [3.63, 3.8) is 0 Å². The van der Waals surface area contributed by atoms with Crippen molar-refractivity contribution in [2.24, 2.45) is 10.9 Å².